The lowest BCUT2D eigenvalue weighted by molar-refractivity contribution is -0.122. The van der Waals surface area contributed by atoms with Gasteiger partial charge in [0.15, 0.2) is 5.65 Å². The van der Waals surface area contributed by atoms with E-state index in [9.17, 15) is 9.59 Å². The van der Waals surface area contributed by atoms with Crippen molar-refractivity contribution >= 4 is 28.8 Å². The number of carbonyl (C=O) groups is 2. The van der Waals surface area contributed by atoms with Crippen molar-refractivity contribution in [3.05, 3.63) is 54.0 Å². The van der Waals surface area contributed by atoms with Gasteiger partial charge in [-0.15, -0.1) is 0 Å². The van der Waals surface area contributed by atoms with Crippen LogP contribution in [0.2, 0.25) is 0 Å². The van der Waals surface area contributed by atoms with E-state index in [0.29, 0.717) is 12.2 Å². The molecule has 132 valence electrons. The van der Waals surface area contributed by atoms with Gasteiger partial charge in [0.1, 0.15) is 0 Å². The van der Waals surface area contributed by atoms with Gasteiger partial charge in [0.25, 0.3) is 0 Å². The number of hydrogen-bond donors (Lipinski definition) is 1. The minimum Gasteiger partial charge on any atom is -0.323 e. The molecule has 0 aliphatic carbocycles. The summed E-state index contributed by atoms with van der Waals surface area (Å²) in [5.41, 5.74) is 4.10. The van der Waals surface area contributed by atoms with Crippen molar-refractivity contribution in [1.82, 2.24) is 14.6 Å². The molecule has 4 rings (SSSR count). The van der Waals surface area contributed by atoms with E-state index in [0.717, 1.165) is 22.6 Å². The maximum atomic E-state index is 12.6. The van der Waals surface area contributed by atoms with Crippen molar-refractivity contribution in [1.29, 1.82) is 0 Å². The maximum Gasteiger partial charge on any atom is 0.229 e. The molecule has 1 aliphatic heterocycles. The molecule has 26 heavy (non-hydrogen) atoms. The fourth-order valence-electron chi connectivity index (χ4n) is 3.16. The van der Waals surface area contributed by atoms with Crippen molar-refractivity contribution in [2.75, 3.05) is 16.8 Å². The largest absolute Gasteiger partial charge is 0.323 e. The zero-order valence-electron chi connectivity index (χ0n) is 14.6. The zero-order chi connectivity index (χ0) is 18.3. The molecule has 1 unspecified atom stereocenters. The van der Waals surface area contributed by atoms with Gasteiger partial charge in [0, 0.05) is 24.7 Å². The number of aryl methyl sites for hydroxylation is 2. The number of benzene rings is 1. The summed E-state index contributed by atoms with van der Waals surface area (Å²) in [5.74, 6) is -0.609. The van der Waals surface area contributed by atoms with Crippen molar-refractivity contribution in [3.8, 4) is 0 Å². The Morgan fingerprint density at radius 3 is 2.77 bits per heavy atom. The molecule has 3 heterocycles. The Hall–Kier alpha value is -3.22. The van der Waals surface area contributed by atoms with Gasteiger partial charge in [-0.3, -0.25) is 9.59 Å². The molecule has 1 saturated heterocycles. The second-order valence-corrected chi connectivity index (χ2v) is 6.66. The predicted octanol–water partition coefficient (Wildman–Crippen LogP) is 2.34. The molecule has 7 heteroatoms. The van der Waals surface area contributed by atoms with Crippen LogP contribution in [0.1, 0.15) is 17.7 Å². The molecule has 7 nitrogen and oxygen atoms in total. The third-order valence-corrected chi connectivity index (χ3v) is 4.54. The standard InChI is InChI=1S/C19H19N5O2/c1-12-3-5-16(6-4-12)23-10-14(8-18(23)25)19(26)21-15-9-20-17-7-13(2)22-24(17)11-15/h3-7,9,11,14H,8,10H2,1-2H3,(H,21,26). The first kappa shape index (κ1) is 16.3. The van der Waals surface area contributed by atoms with Crippen LogP contribution in [-0.2, 0) is 9.59 Å². The molecular formula is C19H19N5O2. The highest BCUT2D eigenvalue weighted by molar-refractivity contribution is 6.03. The summed E-state index contributed by atoms with van der Waals surface area (Å²) in [6, 6.07) is 9.60. The van der Waals surface area contributed by atoms with Crippen molar-refractivity contribution < 1.29 is 9.59 Å². The summed E-state index contributed by atoms with van der Waals surface area (Å²) in [6.45, 7) is 4.26. The molecule has 2 amide bonds. The van der Waals surface area contributed by atoms with Crippen LogP contribution in [0, 0.1) is 19.8 Å². The Labute approximate surface area is 150 Å². The molecule has 2 aromatic heterocycles. The van der Waals surface area contributed by atoms with E-state index in [1.54, 1.807) is 21.8 Å². The van der Waals surface area contributed by atoms with Crippen LogP contribution in [0.5, 0.6) is 0 Å². The fourth-order valence-corrected chi connectivity index (χ4v) is 3.16. The summed E-state index contributed by atoms with van der Waals surface area (Å²) in [6.07, 6.45) is 3.53. The second-order valence-electron chi connectivity index (χ2n) is 6.66. The lowest BCUT2D eigenvalue weighted by Crippen LogP contribution is -2.28. The van der Waals surface area contributed by atoms with E-state index >= 15 is 0 Å². The van der Waals surface area contributed by atoms with E-state index < -0.39 is 0 Å². The topological polar surface area (TPSA) is 79.6 Å². The molecule has 0 spiro atoms. The van der Waals surface area contributed by atoms with Gasteiger partial charge in [-0.25, -0.2) is 9.50 Å². The number of rotatable bonds is 3. The minimum atomic E-state index is -0.390. The average Bonchev–Trinajstić information content (AvgIpc) is 3.17. The summed E-state index contributed by atoms with van der Waals surface area (Å²) >= 11 is 0. The Morgan fingerprint density at radius 1 is 1.23 bits per heavy atom. The van der Waals surface area contributed by atoms with Crippen LogP contribution < -0.4 is 10.2 Å². The quantitative estimate of drug-likeness (QED) is 0.787. The van der Waals surface area contributed by atoms with E-state index in [1.807, 2.05) is 44.2 Å². The third kappa shape index (κ3) is 3.03. The van der Waals surface area contributed by atoms with Crippen molar-refractivity contribution in [2.24, 2.45) is 5.92 Å². The van der Waals surface area contributed by atoms with Crippen LogP contribution in [-0.4, -0.2) is 33.0 Å². The molecule has 0 saturated carbocycles. The van der Waals surface area contributed by atoms with Gasteiger partial charge in [0.2, 0.25) is 11.8 Å². The second kappa shape index (κ2) is 6.25. The van der Waals surface area contributed by atoms with Crippen molar-refractivity contribution in [2.45, 2.75) is 20.3 Å². The van der Waals surface area contributed by atoms with E-state index in [-0.39, 0.29) is 24.2 Å². The molecule has 1 aliphatic rings. The number of aromatic nitrogens is 3. The van der Waals surface area contributed by atoms with Gasteiger partial charge < -0.3 is 10.2 Å². The summed E-state index contributed by atoms with van der Waals surface area (Å²) < 4.78 is 1.63. The number of hydrogen-bond acceptors (Lipinski definition) is 4. The highest BCUT2D eigenvalue weighted by atomic mass is 16.2. The van der Waals surface area contributed by atoms with Gasteiger partial charge in [-0.05, 0) is 26.0 Å². The van der Waals surface area contributed by atoms with Crippen molar-refractivity contribution in [3.63, 3.8) is 0 Å². The smallest absolute Gasteiger partial charge is 0.229 e. The van der Waals surface area contributed by atoms with Crippen LogP contribution in [0.3, 0.4) is 0 Å². The Morgan fingerprint density at radius 2 is 2.00 bits per heavy atom. The van der Waals surface area contributed by atoms with Gasteiger partial charge >= 0.3 is 0 Å². The van der Waals surface area contributed by atoms with E-state index in [2.05, 4.69) is 15.4 Å². The van der Waals surface area contributed by atoms with Gasteiger partial charge in [0.05, 0.1) is 29.7 Å². The average molecular weight is 349 g/mol. The zero-order valence-corrected chi connectivity index (χ0v) is 14.6. The molecule has 1 N–H and O–H groups in total. The fraction of sp³-hybridized carbons (Fsp3) is 0.263. The first-order chi connectivity index (χ1) is 12.5. The maximum absolute atomic E-state index is 12.6. The van der Waals surface area contributed by atoms with Crippen LogP contribution in [0.25, 0.3) is 5.65 Å². The van der Waals surface area contributed by atoms with Gasteiger partial charge in [-0.2, -0.15) is 5.10 Å². The molecule has 0 bridgehead atoms. The highest BCUT2D eigenvalue weighted by Gasteiger charge is 2.35. The Bertz CT molecular complexity index is 993. The third-order valence-electron chi connectivity index (χ3n) is 4.54. The Balaban J connectivity index is 1.47. The molecule has 1 fully saturated rings. The minimum absolute atomic E-state index is 0.0368. The molecular weight excluding hydrogens is 330 g/mol. The number of anilines is 2. The molecule has 3 aromatic rings. The summed E-state index contributed by atoms with van der Waals surface area (Å²) in [5, 5.41) is 7.14. The Kier molecular flexibility index (Phi) is 3.91. The number of amides is 2. The first-order valence-corrected chi connectivity index (χ1v) is 8.49. The molecule has 1 aromatic carbocycles. The predicted molar refractivity (Wildman–Crippen MR) is 98.0 cm³/mol. The van der Waals surface area contributed by atoms with Crippen LogP contribution in [0.4, 0.5) is 11.4 Å². The highest BCUT2D eigenvalue weighted by Crippen LogP contribution is 2.26. The van der Waals surface area contributed by atoms with Crippen LogP contribution in [0.15, 0.2) is 42.7 Å². The monoisotopic (exact) mass is 349 g/mol. The SMILES string of the molecule is Cc1ccc(N2CC(C(=O)Nc3cnc4cc(C)nn4c3)CC2=O)cc1. The van der Waals surface area contributed by atoms with E-state index in [4.69, 9.17) is 0 Å². The van der Waals surface area contributed by atoms with Crippen LogP contribution >= 0.6 is 0 Å². The molecule has 0 radical (unpaired) electrons. The first-order valence-electron chi connectivity index (χ1n) is 8.49. The molecule has 1 atom stereocenters. The lowest BCUT2D eigenvalue weighted by atomic mass is 10.1. The number of nitrogens with one attached hydrogen (secondary N) is 1. The normalized spacial score (nSPS) is 17.1. The lowest BCUT2D eigenvalue weighted by Gasteiger charge is -2.17. The summed E-state index contributed by atoms with van der Waals surface area (Å²) in [4.78, 5) is 30.9. The van der Waals surface area contributed by atoms with Gasteiger partial charge in [-0.1, -0.05) is 17.7 Å². The number of carbonyl (C=O) groups excluding carboxylic acids is 2. The summed E-state index contributed by atoms with van der Waals surface area (Å²) in [7, 11) is 0. The number of nitrogens with zero attached hydrogens (tertiary/aromatic N) is 4. The van der Waals surface area contributed by atoms with E-state index in [1.165, 1.54) is 0 Å². The number of fused-ring (bicyclic) bond motifs is 1.